The second-order valence-electron chi connectivity index (χ2n) is 7.01. The fraction of sp³-hybridized carbons (Fsp3) is 0.120. The van der Waals surface area contributed by atoms with Crippen LogP contribution < -0.4 is 15.5 Å². The molecule has 156 valence electrons. The monoisotopic (exact) mass is 476 g/mol. The average molecular weight is 477 g/mol. The number of hydrogen-bond donors (Lipinski definition) is 1. The Kier molecular flexibility index (Phi) is 5.91. The van der Waals surface area contributed by atoms with Gasteiger partial charge in [0.2, 0.25) is 0 Å². The normalized spacial score (nSPS) is 10.8. The first-order valence-corrected chi connectivity index (χ1v) is 10.7. The van der Waals surface area contributed by atoms with Gasteiger partial charge >= 0.3 is 0 Å². The van der Waals surface area contributed by atoms with Crippen molar-refractivity contribution in [3.8, 4) is 16.9 Å². The van der Waals surface area contributed by atoms with Crippen LogP contribution in [0.3, 0.4) is 0 Å². The van der Waals surface area contributed by atoms with Crippen LogP contribution in [-0.4, -0.2) is 17.6 Å². The predicted molar refractivity (Wildman–Crippen MR) is 128 cm³/mol. The molecule has 1 heterocycles. The smallest absolute Gasteiger partial charge is 0.256 e. The number of ether oxygens (including phenoxy) is 1. The predicted octanol–water partition coefficient (Wildman–Crippen LogP) is 5.71. The summed E-state index contributed by atoms with van der Waals surface area (Å²) in [4.78, 5) is 26.6. The number of fused-ring (bicyclic) bond motifs is 1. The molecule has 0 saturated heterocycles. The highest BCUT2D eigenvalue weighted by molar-refractivity contribution is 9.10. The summed E-state index contributed by atoms with van der Waals surface area (Å²) in [5.74, 6) is 0.884. The highest BCUT2D eigenvalue weighted by Gasteiger charge is 2.20. The maximum absolute atomic E-state index is 13.5. The molecule has 0 spiro atoms. The SMILES string of the molecule is CCn1c(NC(=O)c2cccc(Br)c2)c(-c2ccc(OC)cc2)c(=O)c2ccccc21. The van der Waals surface area contributed by atoms with Gasteiger partial charge in [-0.05, 0) is 55.0 Å². The third-order valence-electron chi connectivity index (χ3n) is 5.19. The number of para-hydroxylation sites is 1. The molecule has 1 N–H and O–H groups in total. The number of nitrogens with zero attached hydrogens (tertiary/aromatic N) is 1. The van der Waals surface area contributed by atoms with Crippen molar-refractivity contribution in [2.45, 2.75) is 13.5 Å². The van der Waals surface area contributed by atoms with Gasteiger partial charge in [-0.25, -0.2) is 0 Å². The summed E-state index contributed by atoms with van der Waals surface area (Å²) in [7, 11) is 1.60. The number of amides is 1. The fourth-order valence-corrected chi connectivity index (χ4v) is 4.09. The van der Waals surface area contributed by atoms with Gasteiger partial charge in [-0.15, -0.1) is 0 Å². The number of anilines is 1. The van der Waals surface area contributed by atoms with E-state index in [1.807, 2.05) is 54.0 Å². The first kappa shape index (κ1) is 20.9. The maximum atomic E-state index is 13.5. The first-order chi connectivity index (χ1) is 15.0. The van der Waals surface area contributed by atoms with Crippen LogP contribution in [0.2, 0.25) is 0 Å². The largest absolute Gasteiger partial charge is 0.497 e. The summed E-state index contributed by atoms with van der Waals surface area (Å²) in [6.45, 7) is 2.57. The number of pyridine rings is 1. The molecule has 0 aliphatic rings. The molecule has 0 aliphatic heterocycles. The Morgan fingerprint density at radius 2 is 1.77 bits per heavy atom. The molecule has 4 rings (SSSR count). The third kappa shape index (κ3) is 3.99. The van der Waals surface area contributed by atoms with Gasteiger partial charge in [0.15, 0.2) is 5.43 Å². The topological polar surface area (TPSA) is 60.3 Å². The van der Waals surface area contributed by atoms with Gasteiger partial charge in [0.1, 0.15) is 11.6 Å². The van der Waals surface area contributed by atoms with E-state index in [0.29, 0.717) is 40.2 Å². The van der Waals surface area contributed by atoms with Crippen molar-refractivity contribution in [2.75, 3.05) is 12.4 Å². The molecule has 1 amide bonds. The van der Waals surface area contributed by atoms with E-state index in [-0.39, 0.29) is 11.3 Å². The summed E-state index contributed by atoms with van der Waals surface area (Å²) in [6.07, 6.45) is 0. The second kappa shape index (κ2) is 8.78. The zero-order valence-corrected chi connectivity index (χ0v) is 18.8. The van der Waals surface area contributed by atoms with Crippen LogP contribution in [-0.2, 0) is 6.54 Å². The zero-order valence-electron chi connectivity index (χ0n) is 17.2. The van der Waals surface area contributed by atoms with Gasteiger partial charge in [0.25, 0.3) is 5.91 Å². The summed E-state index contributed by atoms with van der Waals surface area (Å²) < 4.78 is 8.03. The van der Waals surface area contributed by atoms with Crippen LogP contribution in [0.15, 0.2) is 82.1 Å². The van der Waals surface area contributed by atoms with Crippen molar-refractivity contribution >= 4 is 38.6 Å². The van der Waals surface area contributed by atoms with E-state index >= 15 is 0 Å². The molecular formula is C25H21BrN2O3. The van der Waals surface area contributed by atoms with Crippen LogP contribution in [0, 0.1) is 0 Å². The van der Waals surface area contributed by atoms with Crippen LogP contribution >= 0.6 is 15.9 Å². The lowest BCUT2D eigenvalue weighted by atomic mass is 10.0. The number of nitrogens with one attached hydrogen (secondary N) is 1. The summed E-state index contributed by atoms with van der Waals surface area (Å²) in [6, 6.07) is 21.9. The molecule has 0 bridgehead atoms. The van der Waals surface area contributed by atoms with Crippen LogP contribution in [0.1, 0.15) is 17.3 Å². The van der Waals surface area contributed by atoms with Gasteiger partial charge in [-0.2, -0.15) is 0 Å². The molecule has 0 fully saturated rings. The molecule has 0 saturated carbocycles. The quantitative estimate of drug-likeness (QED) is 0.401. The minimum atomic E-state index is -0.284. The van der Waals surface area contributed by atoms with Gasteiger partial charge in [0, 0.05) is 22.0 Å². The lowest BCUT2D eigenvalue weighted by Crippen LogP contribution is -2.22. The number of rotatable bonds is 5. The Morgan fingerprint density at radius 1 is 1.03 bits per heavy atom. The van der Waals surface area contributed by atoms with E-state index in [0.717, 1.165) is 9.99 Å². The minimum Gasteiger partial charge on any atom is -0.497 e. The minimum absolute atomic E-state index is 0.130. The number of hydrogen-bond acceptors (Lipinski definition) is 3. The van der Waals surface area contributed by atoms with E-state index in [4.69, 9.17) is 4.74 Å². The van der Waals surface area contributed by atoms with Crippen molar-refractivity contribution in [3.63, 3.8) is 0 Å². The molecule has 6 heteroatoms. The first-order valence-electron chi connectivity index (χ1n) is 9.90. The number of aryl methyl sites for hydroxylation is 1. The summed E-state index contributed by atoms with van der Waals surface area (Å²) in [5.41, 5.74) is 2.31. The van der Waals surface area contributed by atoms with E-state index in [1.54, 1.807) is 37.4 Å². The number of halogens is 1. The number of carbonyl (C=O) groups is 1. The summed E-state index contributed by atoms with van der Waals surface area (Å²) in [5, 5.41) is 3.61. The zero-order chi connectivity index (χ0) is 22.0. The van der Waals surface area contributed by atoms with Gasteiger partial charge in [0.05, 0.1) is 18.2 Å². The van der Waals surface area contributed by atoms with Crippen molar-refractivity contribution in [1.29, 1.82) is 0 Å². The Labute approximate surface area is 188 Å². The Morgan fingerprint density at radius 3 is 2.45 bits per heavy atom. The summed E-state index contributed by atoms with van der Waals surface area (Å²) >= 11 is 3.41. The van der Waals surface area contributed by atoms with E-state index in [2.05, 4.69) is 21.2 Å². The number of methoxy groups -OCH3 is 1. The standard InChI is InChI=1S/C25H21BrN2O3/c1-3-28-21-10-5-4-9-20(21)23(29)22(16-11-13-19(31-2)14-12-16)24(28)27-25(30)17-7-6-8-18(26)15-17/h4-15H,3H2,1-2H3,(H,27,30). The van der Waals surface area contributed by atoms with E-state index in [1.165, 1.54) is 0 Å². The second-order valence-corrected chi connectivity index (χ2v) is 7.92. The van der Waals surface area contributed by atoms with Gasteiger partial charge in [-0.1, -0.05) is 46.3 Å². The molecule has 0 atom stereocenters. The van der Waals surface area contributed by atoms with Crippen molar-refractivity contribution in [2.24, 2.45) is 0 Å². The molecule has 1 aromatic heterocycles. The Bertz CT molecular complexity index is 1330. The molecular weight excluding hydrogens is 456 g/mol. The lowest BCUT2D eigenvalue weighted by Gasteiger charge is -2.20. The van der Waals surface area contributed by atoms with Crippen molar-refractivity contribution < 1.29 is 9.53 Å². The average Bonchev–Trinajstić information content (AvgIpc) is 2.80. The molecule has 0 aliphatic carbocycles. The molecule has 0 unspecified atom stereocenters. The molecule has 5 nitrogen and oxygen atoms in total. The highest BCUT2D eigenvalue weighted by atomic mass is 79.9. The molecule has 4 aromatic rings. The third-order valence-corrected chi connectivity index (χ3v) is 5.68. The fourth-order valence-electron chi connectivity index (χ4n) is 3.69. The van der Waals surface area contributed by atoms with Crippen LogP contribution in [0.25, 0.3) is 22.0 Å². The van der Waals surface area contributed by atoms with E-state index in [9.17, 15) is 9.59 Å². The lowest BCUT2D eigenvalue weighted by molar-refractivity contribution is 0.102. The number of aromatic nitrogens is 1. The maximum Gasteiger partial charge on any atom is 0.256 e. The van der Waals surface area contributed by atoms with Crippen LogP contribution in [0.4, 0.5) is 5.82 Å². The molecule has 0 radical (unpaired) electrons. The van der Waals surface area contributed by atoms with E-state index < -0.39 is 0 Å². The van der Waals surface area contributed by atoms with Gasteiger partial charge in [-0.3, -0.25) is 9.59 Å². The van der Waals surface area contributed by atoms with Crippen LogP contribution in [0.5, 0.6) is 5.75 Å². The van der Waals surface area contributed by atoms with Crippen molar-refractivity contribution in [3.05, 3.63) is 93.1 Å². The highest BCUT2D eigenvalue weighted by Crippen LogP contribution is 2.30. The van der Waals surface area contributed by atoms with Crippen molar-refractivity contribution in [1.82, 2.24) is 4.57 Å². The number of benzene rings is 3. The Balaban J connectivity index is 1.96. The molecule has 31 heavy (non-hydrogen) atoms. The molecule has 3 aromatic carbocycles. The number of carbonyl (C=O) groups excluding carboxylic acids is 1. The van der Waals surface area contributed by atoms with Gasteiger partial charge < -0.3 is 14.6 Å². The Hall–Kier alpha value is -3.38.